The summed E-state index contributed by atoms with van der Waals surface area (Å²) >= 11 is 0. The Morgan fingerprint density at radius 3 is 2.74 bits per heavy atom. The number of benzene rings is 1. The summed E-state index contributed by atoms with van der Waals surface area (Å²) in [6.45, 7) is 0.266. The molecule has 2 aliphatic heterocycles. The first kappa shape index (κ1) is 22.1. The lowest BCUT2D eigenvalue weighted by molar-refractivity contribution is -0.141. The molecule has 0 bridgehead atoms. The number of pyridine rings is 1. The standard InChI is InChI=1S/C23H22F3N5O3/c1-34-18-9-15(8-14-2-5-30(13-23(24,25)26)22(33)21(14)18)17-11-28-19-10-16(3-6-31(17)19)29-7-4-27-20(32)12-29/h3,6,8-11H,2,4-5,7,12-13H2,1H3,(H,27,32). The summed E-state index contributed by atoms with van der Waals surface area (Å²) in [5.74, 6) is -0.481. The van der Waals surface area contributed by atoms with Gasteiger partial charge in [-0.25, -0.2) is 4.98 Å². The molecule has 0 saturated carbocycles. The summed E-state index contributed by atoms with van der Waals surface area (Å²) in [6.07, 6.45) is -0.613. The Morgan fingerprint density at radius 2 is 2.00 bits per heavy atom. The van der Waals surface area contributed by atoms with Gasteiger partial charge in [0.15, 0.2) is 0 Å². The molecule has 0 radical (unpaired) electrons. The molecule has 178 valence electrons. The molecular weight excluding hydrogens is 451 g/mol. The van der Waals surface area contributed by atoms with Gasteiger partial charge < -0.3 is 19.9 Å². The number of carbonyl (C=O) groups excluding carboxylic acids is 2. The third kappa shape index (κ3) is 4.02. The molecule has 11 heteroatoms. The number of piperazine rings is 1. The summed E-state index contributed by atoms with van der Waals surface area (Å²) in [7, 11) is 1.39. The van der Waals surface area contributed by atoms with E-state index >= 15 is 0 Å². The average Bonchev–Trinajstić information content (AvgIpc) is 3.23. The molecule has 5 rings (SSSR count). The Morgan fingerprint density at radius 1 is 1.18 bits per heavy atom. The molecule has 8 nitrogen and oxygen atoms in total. The summed E-state index contributed by atoms with van der Waals surface area (Å²) < 4.78 is 45.9. The fraction of sp³-hybridized carbons (Fsp3) is 0.348. The number of nitrogens with one attached hydrogen (secondary N) is 1. The highest BCUT2D eigenvalue weighted by molar-refractivity contribution is 6.00. The number of ether oxygens (including phenoxy) is 1. The highest BCUT2D eigenvalue weighted by Gasteiger charge is 2.37. The van der Waals surface area contributed by atoms with E-state index in [4.69, 9.17) is 4.74 Å². The van der Waals surface area contributed by atoms with Crippen LogP contribution in [0.1, 0.15) is 15.9 Å². The van der Waals surface area contributed by atoms with E-state index in [2.05, 4.69) is 10.3 Å². The van der Waals surface area contributed by atoms with Crippen molar-refractivity contribution in [2.75, 3.05) is 44.7 Å². The van der Waals surface area contributed by atoms with Crippen LogP contribution in [0.4, 0.5) is 18.9 Å². The third-order valence-corrected chi connectivity index (χ3v) is 6.12. The number of hydrogen-bond donors (Lipinski definition) is 1. The molecule has 2 aliphatic rings. The quantitative estimate of drug-likeness (QED) is 0.630. The van der Waals surface area contributed by atoms with Crippen LogP contribution in [-0.2, 0) is 11.2 Å². The van der Waals surface area contributed by atoms with Crippen molar-refractivity contribution >= 4 is 23.1 Å². The maximum absolute atomic E-state index is 12.9. The van der Waals surface area contributed by atoms with Crippen LogP contribution in [0.25, 0.3) is 16.9 Å². The zero-order valence-corrected chi connectivity index (χ0v) is 18.4. The number of aromatic nitrogens is 2. The molecule has 2 amide bonds. The van der Waals surface area contributed by atoms with Gasteiger partial charge in [0.2, 0.25) is 5.91 Å². The zero-order valence-electron chi connectivity index (χ0n) is 18.4. The number of fused-ring (bicyclic) bond motifs is 2. The number of hydrogen-bond acceptors (Lipinski definition) is 5. The van der Waals surface area contributed by atoms with Crippen LogP contribution < -0.4 is 15.0 Å². The van der Waals surface area contributed by atoms with Crippen molar-refractivity contribution in [1.82, 2.24) is 19.6 Å². The van der Waals surface area contributed by atoms with Crippen molar-refractivity contribution in [2.24, 2.45) is 0 Å². The van der Waals surface area contributed by atoms with Crippen LogP contribution in [0.15, 0.2) is 36.7 Å². The molecule has 1 fully saturated rings. The lowest BCUT2D eigenvalue weighted by atomic mass is 9.94. The van der Waals surface area contributed by atoms with E-state index in [1.807, 2.05) is 33.7 Å². The average molecular weight is 473 g/mol. The molecule has 1 aromatic carbocycles. The third-order valence-electron chi connectivity index (χ3n) is 6.12. The van der Waals surface area contributed by atoms with Crippen LogP contribution in [0.5, 0.6) is 5.75 Å². The van der Waals surface area contributed by atoms with Gasteiger partial charge in [-0.2, -0.15) is 13.2 Å². The van der Waals surface area contributed by atoms with Crippen molar-refractivity contribution < 1.29 is 27.5 Å². The van der Waals surface area contributed by atoms with E-state index in [0.717, 1.165) is 21.8 Å². The van der Waals surface area contributed by atoms with Crippen molar-refractivity contribution in [1.29, 1.82) is 0 Å². The number of halogens is 3. The van der Waals surface area contributed by atoms with Crippen molar-refractivity contribution in [3.8, 4) is 17.0 Å². The molecule has 0 unspecified atom stereocenters. The van der Waals surface area contributed by atoms with E-state index in [0.29, 0.717) is 30.7 Å². The molecule has 2 aromatic heterocycles. The van der Waals surface area contributed by atoms with Gasteiger partial charge in [0.05, 0.1) is 31.1 Å². The number of nitrogens with zero attached hydrogens (tertiary/aromatic N) is 4. The number of alkyl halides is 3. The maximum atomic E-state index is 12.9. The Labute approximate surface area is 192 Å². The minimum absolute atomic E-state index is 0.0160. The fourth-order valence-corrected chi connectivity index (χ4v) is 4.54. The first-order valence-corrected chi connectivity index (χ1v) is 10.8. The number of rotatable bonds is 4. The molecular formula is C23H22F3N5O3. The Hall–Kier alpha value is -3.76. The second-order valence-corrected chi connectivity index (χ2v) is 8.33. The van der Waals surface area contributed by atoms with Crippen LogP contribution in [0.2, 0.25) is 0 Å². The predicted molar refractivity (Wildman–Crippen MR) is 118 cm³/mol. The fourth-order valence-electron chi connectivity index (χ4n) is 4.54. The smallest absolute Gasteiger partial charge is 0.406 e. The molecule has 1 N–H and O–H groups in total. The summed E-state index contributed by atoms with van der Waals surface area (Å²) in [4.78, 5) is 31.8. The second kappa shape index (κ2) is 8.23. The Bertz CT molecular complexity index is 1270. The first-order valence-electron chi connectivity index (χ1n) is 10.8. The van der Waals surface area contributed by atoms with Crippen molar-refractivity contribution in [3.63, 3.8) is 0 Å². The molecule has 0 atom stereocenters. The molecule has 4 heterocycles. The van der Waals surface area contributed by atoms with Gasteiger partial charge in [-0.15, -0.1) is 0 Å². The minimum atomic E-state index is -4.46. The summed E-state index contributed by atoms with van der Waals surface area (Å²) in [5.41, 5.74) is 3.87. The highest BCUT2D eigenvalue weighted by atomic mass is 19.4. The lowest BCUT2D eigenvalue weighted by Crippen LogP contribution is -2.47. The maximum Gasteiger partial charge on any atom is 0.406 e. The zero-order chi connectivity index (χ0) is 24.0. The largest absolute Gasteiger partial charge is 0.496 e. The van der Waals surface area contributed by atoms with Crippen molar-refractivity contribution in [3.05, 3.63) is 47.8 Å². The minimum Gasteiger partial charge on any atom is -0.496 e. The van der Waals surface area contributed by atoms with Crippen LogP contribution >= 0.6 is 0 Å². The predicted octanol–water partition coefficient (Wildman–Crippen LogP) is 2.51. The number of methoxy groups -OCH3 is 1. The lowest BCUT2D eigenvalue weighted by Gasteiger charge is -2.30. The highest BCUT2D eigenvalue weighted by Crippen LogP contribution is 2.35. The number of anilines is 1. The van der Waals surface area contributed by atoms with Crippen molar-refractivity contribution in [2.45, 2.75) is 12.6 Å². The monoisotopic (exact) mass is 473 g/mol. The SMILES string of the molecule is COc1cc(-c2cnc3cc(N4CCNC(=O)C4)ccn23)cc2c1C(=O)N(CC(F)(F)F)CC2. The Balaban J connectivity index is 1.49. The van der Waals surface area contributed by atoms with E-state index in [-0.39, 0.29) is 30.3 Å². The van der Waals surface area contributed by atoms with Gasteiger partial charge in [0, 0.05) is 43.1 Å². The van der Waals surface area contributed by atoms with E-state index < -0.39 is 18.6 Å². The van der Waals surface area contributed by atoms with Gasteiger partial charge in [-0.3, -0.25) is 14.0 Å². The topological polar surface area (TPSA) is 79.2 Å². The van der Waals surface area contributed by atoms with Gasteiger partial charge in [-0.1, -0.05) is 0 Å². The second-order valence-electron chi connectivity index (χ2n) is 8.33. The van der Waals surface area contributed by atoms with E-state index in [9.17, 15) is 22.8 Å². The van der Waals surface area contributed by atoms with Gasteiger partial charge >= 0.3 is 6.18 Å². The normalized spacial score (nSPS) is 16.6. The van der Waals surface area contributed by atoms with Gasteiger partial charge in [0.1, 0.15) is 17.9 Å². The molecule has 0 spiro atoms. The number of imidazole rings is 1. The molecule has 0 aliphatic carbocycles. The van der Waals surface area contributed by atoms with Gasteiger partial charge in [0.25, 0.3) is 5.91 Å². The molecule has 3 aromatic rings. The molecule has 34 heavy (non-hydrogen) atoms. The summed E-state index contributed by atoms with van der Waals surface area (Å²) in [6, 6.07) is 7.27. The van der Waals surface area contributed by atoms with Crippen LogP contribution in [0, 0.1) is 0 Å². The summed E-state index contributed by atoms with van der Waals surface area (Å²) in [5, 5.41) is 2.80. The van der Waals surface area contributed by atoms with Crippen LogP contribution in [0.3, 0.4) is 0 Å². The van der Waals surface area contributed by atoms with Gasteiger partial charge in [-0.05, 0) is 30.2 Å². The van der Waals surface area contributed by atoms with E-state index in [1.54, 1.807) is 12.3 Å². The van der Waals surface area contributed by atoms with E-state index in [1.165, 1.54) is 7.11 Å². The van der Waals surface area contributed by atoms with Crippen LogP contribution in [-0.4, -0.2) is 72.1 Å². The first-order chi connectivity index (χ1) is 16.2. The number of carbonyl (C=O) groups is 2. The Kier molecular flexibility index (Phi) is 5.34. The molecule has 1 saturated heterocycles. The number of amides is 2.